The van der Waals surface area contributed by atoms with E-state index in [1.54, 1.807) is 12.1 Å². The molecule has 3 aromatic rings. The normalized spacial score (nSPS) is 10.8. The molecule has 0 aliphatic rings. The summed E-state index contributed by atoms with van der Waals surface area (Å²) in [7, 11) is 0. The van der Waals surface area contributed by atoms with Crippen molar-refractivity contribution in [2.45, 2.75) is 6.54 Å². The molecule has 7 nitrogen and oxygen atoms in total. The van der Waals surface area contributed by atoms with Crippen molar-refractivity contribution in [2.24, 2.45) is 0 Å². The minimum atomic E-state index is -0.446. The molecule has 1 aromatic carbocycles. The maximum absolute atomic E-state index is 11.0. The predicted molar refractivity (Wildman–Crippen MR) is 61.9 cm³/mol. The Labute approximate surface area is 98.6 Å². The predicted octanol–water partition coefficient (Wildman–Crippen LogP) is 0.980. The van der Waals surface area contributed by atoms with E-state index in [4.69, 9.17) is 4.42 Å². The van der Waals surface area contributed by atoms with Gasteiger partial charge in [0, 0.05) is 18.1 Å². The molecule has 0 fully saturated rings. The summed E-state index contributed by atoms with van der Waals surface area (Å²) in [5.74, 6) is -0.446. The van der Waals surface area contributed by atoms with Crippen LogP contribution in [0.3, 0.4) is 0 Å². The summed E-state index contributed by atoms with van der Waals surface area (Å²) >= 11 is 1.19. The van der Waals surface area contributed by atoms with Crippen molar-refractivity contribution >= 4 is 27.8 Å². The van der Waals surface area contributed by atoms with E-state index < -0.39 is 5.76 Å². The molecular weight excluding hydrogens is 242 g/mol. The average Bonchev–Trinajstić information content (AvgIpc) is 2.92. The van der Waals surface area contributed by atoms with E-state index in [-0.39, 0.29) is 0 Å². The lowest BCUT2D eigenvalue weighted by Gasteiger charge is -2.00. The summed E-state index contributed by atoms with van der Waals surface area (Å²) in [6.45, 7) is 0.571. The second-order valence-electron chi connectivity index (χ2n) is 3.37. The van der Waals surface area contributed by atoms with Gasteiger partial charge in [-0.25, -0.2) is 4.79 Å². The first kappa shape index (κ1) is 9.97. The number of rotatable bonds is 3. The molecule has 0 amide bonds. The number of H-pyrrole nitrogens is 1. The Morgan fingerprint density at radius 1 is 1.47 bits per heavy atom. The molecule has 0 saturated heterocycles. The fraction of sp³-hybridized carbons (Fsp3) is 0.111. The molecule has 0 aliphatic carbocycles. The number of nitrogens with one attached hydrogen (secondary N) is 2. The van der Waals surface area contributed by atoms with E-state index in [1.165, 1.54) is 11.5 Å². The number of fused-ring (bicyclic) bond motifs is 1. The highest BCUT2D eigenvalue weighted by Crippen LogP contribution is 2.14. The largest absolute Gasteiger partial charge is 0.417 e. The van der Waals surface area contributed by atoms with Gasteiger partial charge in [0.25, 0.3) is 0 Å². The van der Waals surface area contributed by atoms with Gasteiger partial charge in [-0.3, -0.25) is 4.98 Å². The summed E-state index contributed by atoms with van der Waals surface area (Å²) in [5, 5.41) is 11.0. The van der Waals surface area contributed by atoms with Crippen molar-refractivity contribution in [1.82, 2.24) is 19.8 Å². The Kier molecular flexibility index (Phi) is 2.33. The number of nitrogens with zero attached hydrogens (tertiary/aromatic N) is 3. The van der Waals surface area contributed by atoms with E-state index in [9.17, 15) is 4.79 Å². The molecular formula is C9H7N5O2S. The Morgan fingerprint density at radius 2 is 2.41 bits per heavy atom. The highest BCUT2D eigenvalue weighted by molar-refractivity contribution is 7.09. The lowest BCUT2D eigenvalue weighted by atomic mass is 10.2. The lowest BCUT2D eigenvalue weighted by Crippen LogP contribution is -1.98. The number of anilines is 1. The Balaban J connectivity index is 1.83. The van der Waals surface area contributed by atoms with Gasteiger partial charge in [-0.2, -0.15) is 0 Å². The molecule has 0 radical (unpaired) electrons. The summed E-state index contributed by atoms with van der Waals surface area (Å²) < 4.78 is 8.61. The maximum atomic E-state index is 11.0. The van der Waals surface area contributed by atoms with Gasteiger partial charge in [-0.1, -0.05) is 15.7 Å². The number of hydrogen-bond donors (Lipinski definition) is 2. The van der Waals surface area contributed by atoms with Gasteiger partial charge in [0.15, 0.2) is 5.58 Å². The van der Waals surface area contributed by atoms with Gasteiger partial charge < -0.3 is 9.73 Å². The Bertz CT molecular complexity index is 687. The van der Waals surface area contributed by atoms with Crippen LogP contribution in [0.5, 0.6) is 0 Å². The molecule has 0 saturated carbocycles. The van der Waals surface area contributed by atoms with Crippen LogP contribution in [0.1, 0.15) is 5.56 Å². The third-order valence-electron chi connectivity index (χ3n) is 2.23. The average molecular weight is 249 g/mol. The Hall–Kier alpha value is -2.22. The molecule has 0 bridgehead atoms. The zero-order chi connectivity index (χ0) is 11.7. The van der Waals surface area contributed by atoms with E-state index in [0.717, 1.165) is 5.56 Å². The second kappa shape index (κ2) is 3.98. The summed E-state index contributed by atoms with van der Waals surface area (Å²) in [4.78, 5) is 13.6. The molecule has 8 heteroatoms. The van der Waals surface area contributed by atoms with E-state index >= 15 is 0 Å². The molecule has 0 spiro atoms. The van der Waals surface area contributed by atoms with Crippen molar-refractivity contribution in [3.05, 3.63) is 34.3 Å². The first-order valence-electron chi connectivity index (χ1n) is 4.82. The summed E-state index contributed by atoms with van der Waals surface area (Å²) in [6, 6.07) is 5.50. The SMILES string of the molecule is O=c1[nH]c2ccc(CNc3nnns3)cc2o1. The number of benzene rings is 1. The summed E-state index contributed by atoms with van der Waals surface area (Å²) in [5.41, 5.74) is 2.22. The highest BCUT2D eigenvalue weighted by Gasteiger charge is 2.03. The minimum absolute atomic E-state index is 0.446. The Morgan fingerprint density at radius 3 is 3.24 bits per heavy atom. The molecule has 86 valence electrons. The molecule has 2 aromatic heterocycles. The van der Waals surface area contributed by atoms with E-state index in [1.807, 2.05) is 6.07 Å². The van der Waals surface area contributed by atoms with Crippen LogP contribution in [0, 0.1) is 0 Å². The molecule has 17 heavy (non-hydrogen) atoms. The third kappa shape index (κ3) is 2.02. The lowest BCUT2D eigenvalue weighted by molar-refractivity contribution is 0.555. The van der Waals surface area contributed by atoms with Crippen LogP contribution >= 0.6 is 11.5 Å². The van der Waals surface area contributed by atoms with Crippen LogP contribution in [0.4, 0.5) is 5.13 Å². The molecule has 0 atom stereocenters. The number of aromatic nitrogens is 4. The quantitative estimate of drug-likeness (QED) is 0.718. The van der Waals surface area contributed by atoms with Crippen molar-refractivity contribution in [3.63, 3.8) is 0 Å². The topological polar surface area (TPSA) is 96.7 Å². The third-order valence-corrected chi connectivity index (χ3v) is 2.78. The van der Waals surface area contributed by atoms with E-state index in [0.29, 0.717) is 22.8 Å². The van der Waals surface area contributed by atoms with Gasteiger partial charge in [-0.05, 0) is 22.9 Å². The van der Waals surface area contributed by atoms with Crippen LogP contribution in [0.25, 0.3) is 11.1 Å². The molecule has 2 N–H and O–H groups in total. The maximum Gasteiger partial charge on any atom is 0.417 e. The van der Waals surface area contributed by atoms with Crippen LogP contribution in [-0.2, 0) is 6.54 Å². The van der Waals surface area contributed by atoms with Crippen molar-refractivity contribution in [1.29, 1.82) is 0 Å². The molecule has 3 rings (SSSR count). The molecule has 0 aliphatic heterocycles. The van der Waals surface area contributed by atoms with Crippen LogP contribution in [0.2, 0.25) is 0 Å². The number of hydrogen-bond acceptors (Lipinski definition) is 7. The van der Waals surface area contributed by atoms with Gasteiger partial charge in [-0.15, -0.1) is 0 Å². The van der Waals surface area contributed by atoms with Crippen LogP contribution < -0.4 is 11.1 Å². The molecule has 0 unspecified atom stereocenters. The zero-order valence-electron chi connectivity index (χ0n) is 8.51. The van der Waals surface area contributed by atoms with Crippen LogP contribution in [0.15, 0.2) is 27.4 Å². The minimum Gasteiger partial charge on any atom is -0.408 e. The second-order valence-corrected chi connectivity index (χ2v) is 4.10. The highest BCUT2D eigenvalue weighted by atomic mass is 32.1. The smallest absolute Gasteiger partial charge is 0.408 e. The number of oxazole rings is 1. The van der Waals surface area contributed by atoms with E-state index in [2.05, 4.69) is 25.1 Å². The monoisotopic (exact) mass is 249 g/mol. The van der Waals surface area contributed by atoms with Crippen molar-refractivity contribution < 1.29 is 4.42 Å². The first-order valence-corrected chi connectivity index (χ1v) is 5.59. The fourth-order valence-electron chi connectivity index (χ4n) is 1.48. The van der Waals surface area contributed by atoms with Crippen LogP contribution in [-0.4, -0.2) is 19.8 Å². The molecule has 2 heterocycles. The van der Waals surface area contributed by atoms with Gasteiger partial charge >= 0.3 is 5.76 Å². The number of aromatic amines is 1. The first-order chi connectivity index (χ1) is 8.31. The summed E-state index contributed by atoms with van der Waals surface area (Å²) in [6.07, 6.45) is 0. The van der Waals surface area contributed by atoms with Gasteiger partial charge in [0.2, 0.25) is 5.13 Å². The fourth-order valence-corrected chi connectivity index (χ4v) is 1.84. The van der Waals surface area contributed by atoms with Crippen molar-refractivity contribution in [3.8, 4) is 0 Å². The van der Waals surface area contributed by atoms with Crippen molar-refractivity contribution in [2.75, 3.05) is 5.32 Å². The van der Waals surface area contributed by atoms with Gasteiger partial charge in [0.05, 0.1) is 5.52 Å². The standard InChI is InChI=1S/C9H7N5O2S/c15-9-11-6-2-1-5(3-7(6)16-9)4-10-8-12-13-14-17-8/h1-3H,4H2,(H,11,15)(H,10,12,14). The zero-order valence-corrected chi connectivity index (χ0v) is 9.32. The van der Waals surface area contributed by atoms with Gasteiger partial charge in [0.1, 0.15) is 0 Å².